The van der Waals surface area contributed by atoms with E-state index in [-0.39, 0.29) is 11.8 Å². The van der Waals surface area contributed by atoms with Crippen LogP contribution in [0, 0.1) is 5.41 Å². The van der Waals surface area contributed by atoms with Gasteiger partial charge in [-0.3, -0.25) is 14.9 Å². The normalized spacial score (nSPS) is 12.9. The van der Waals surface area contributed by atoms with Crippen molar-refractivity contribution < 1.29 is 19.1 Å². The summed E-state index contributed by atoms with van der Waals surface area (Å²) in [4.78, 5) is 39.9. The molecule has 3 aromatic rings. The van der Waals surface area contributed by atoms with Crippen LogP contribution >= 0.6 is 22.4 Å². The van der Waals surface area contributed by atoms with E-state index in [0.717, 1.165) is 15.3 Å². The standard InChI is InChI=1S/C28H35N3O4S2/c1-27(2,3)25(33)31-37(7)20-13-10-18(11-14-20)24(32)29-22-17-19(23-9-8-16-36-23)12-15-21(22)30-26(34)35-28(4,5)6/h8-17,37H,1-7H3,(H,29,32)(H,30,34)(H,31,33). The largest absolute Gasteiger partial charge is 0.444 e. The van der Waals surface area contributed by atoms with Crippen molar-refractivity contribution in [2.24, 2.45) is 5.41 Å². The molecule has 3 amide bonds. The Kier molecular flexibility index (Phi) is 8.71. The molecule has 7 nitrogen and oxygen atoms in total. The van der Waals surface area contributed by atoms with Crippen molar-refractivity contribution in [1.82, 2.24) is 4.72 Å². The molecule has 0 bridgehead atoms. The lowest BCUT2D eigenvalue weighted by atomic mass is 9.96. The minimum atomic E-state index is -0.903. The predicted molar refractivity (Wildman–Crippen MR) is 155 cm³/mol. The smallest absolute Gasteiger partial charge is 0.412 e. The Hall–Kier alpha value is -3.30. The van der Waals surface area contributed by atoms with Crippen LogP contribution < -0.4 is 15.4 Å². The van der Waals surface area contributed by atoms with E-state index in [1.54, 1.807) is 50.3 Å². The van der Waals surface area contributed by atoms with E-state index in [1.165, 1.54) is 0 Å². The Labute approximate surface area is 225 Å². The summed E-state index contributed by atoms with van der Waals surface area (Å²) in [6.07, 6.45) is 1.36. The SMILES string of the molecule is C[SH](NC(=O)C(C)(C)C)c1ccc(C(=O)Nc2cc(-c3cccs3)ccc2NC(=O)OC(C)(C)C)cc1. The first kappa shape index (κ1) is 28.3. The quantitative estimate of drug-likeness (QED) is 0.251. The number of rotatable bonds is 6. The third-order valence-corrected chi connectivity index (χ3v) is 7.71. The zero-order chi connectivity index (χ0) is 27.4. The molecule has 1 unspecified atom stereocenters. The van der Waals surface area contributed by atoms with Crippen LogP contribution in [0.4, 0.5) is 16.2 Å². The number of carbonyl (C=O) groups excluding carboxylic acids is 3. The molecular weight excluding hydrogens is 506 g/mol. The first-order chi connectivity index (χ1) is 17.2. The van der Waals surface area contributed by atoms with E-state index in [1.807, 2.05) is 68.8 Å². The van der Waals surface area contributed by atoms with Gasteiger partial charge >= 0.3 is 6.09 Å². The summed E-state index contributed by atoms with van der Waals surface area (Å²) in [6.45, 7) is 11.0. The number of hydrogen-bond donors (Lipinski definition) is 4. The Morgan fingerprint density at radius 1 is 0.865 bits per heavy atom. The molecule has 9 heteroatoms. The Balaban J connectivity index is 1.80. The van der Waals surface area contributed by atoms with Gasteiger partial charge < -0.3 is 14.8 Å². The summed E-state index contributed by atoms with van der Waals surface area (Å²) in [5.41, 5.74) is 1.14. The summed E-state index contributed by atoms with van der Waals surface area (Å²) in [5.74, 6) is -0.333. The fourth-order valence-corrected chi connectivity index (χ4v) is 5.27. The molecule has 2 aromatic carbocycles. The molecule has 0 aliphatic rings. The summed E-state index contributed by atoms with van der Waals surface area (Å²) in [5, 5.41) is 7.65. The maximum absolute atomic E-state index is 13.2. The molecule has 0 saturated carbocycles. The van der Waals surface area contributed by atoms with Crippen LogP contribution in [0.15, 0.2) is 64.9 Å². The third-order valence-electron chi connectivity index (χ3n) is 5.18. The number of carbonyl (C=O) groups is 3. The van der Waals surface area contributed by atoms with Gasteiger partial charge in [-0.05, 0) is 80.4 Å². The number of thiophene rings is 1. The second kappa shape index (κ2) is 11.4. The molecule has 0 fully saturated rings. The topological polar surface area (TPSA) is 96.5 Å². The van der Waals surface area contributed by atoms with Gasteiger partial charge in [0.05, 0.1) is 11.4 Å². The van der Waals surface area contributed by atoms with Gasteiger partial charge in [0.1, 0.15) is 5.60 Å². The number of thiol groups is 1. The maximum atomic E-state index is 13.2. The van der Waals surface area contributed by atoms with Crippen LogP contribution in [0.25, 0.3) is 10.4 Å². The second-order valence-electron chi connectivity index (χ2n) is 10.6. The molecule has 0 aliphatic carbocycles. The van der Waals surface area contributed by atoms with Gasteiger partial charge in [-0.2, -0.15) is 11.1 Å². The molecule has 1 atom stereocenters. The van der Waals surface area contributed by atoms with Gasteiger partial charge in [-0.25, -0.2) is 4.79 Å². The highest BCUT2D eigenvalue weighted by atomic mass is 32.2. The first-order valence-electron chi connectivity index (χ1n) is 11.9. The third kappa shape index (κ3) is 8.10. The van der Waals surface area contributed by atoms with E-state index < -0.39 is 28.2 Å². The number of nitrogens with one attached hydrogen (secondary N) is 3. The van der Waals surface area contributed by atoms with Crippen molar-refractivity contribution in [1.29, 1.82) is 0 Å². The van der Waals surface area contributed by atoms with Crippen LogP contribution in [-0.4, -0.2) is 29.8 Å². The van der Waals surface area contributed by atoms with Gasteiger partial charge in [0, 0.05) is 20.8 Å². The molecule has 37 heavy (non-hydrogen) atoms. The van der Waals surface area contributed by atoms with E-state index >= 15 is 0 Å². The number of amides is 3. The van der Waals surface area contributed by atoms with Gasteiger partial charge in [0.2, 0.25) is 5.91 Å². The Morgan fingerprint density at radius 2 is 1.54 bits per heavy atom. The van der Waals surface area contributed by atoms with Crippen LogP contribution in [-0.2, 0) is 9.53 Å². The predicted octanol–water partition coefficient (Wildman–Crippen LogP) is 7.08. The number of benzene rings is 2. The van der Waals surface area contributed by atoms with Gasteiger partial charge in [-0.15, -0.1) is 11.3 Å². The van der Waals surface area contributed by atoms with Crippen molar-refractivity contribution in [3.63, 3.8) is 0 Å². The average molecular weight is 542 g/mol. The lowest BCUT2D eigenvalue weighted by Gasteiger charge is -2.24. The lowest BCUT2D eigenvalue weighted by Crippen LogP contribution is -2.32. The number of ether oxygens (including phenoxy) is 1. The van der Waals surface area contributed by atoms with Gasteiger partial charge in [0.25, 0.3) is 5.91 Å². The van der Waals surface area contributed by atoms with Gasteiger partial charge in [0.15, 0.2) is 0 Å². The zero-order valence-electron chi connectivity index (χ0n) is 22.3. The van der Waals surface area contributed by atoms with Crippen LogP contribution in [0.3, 0.4) is 0 Å². The highest BCUT2D eigenvalue weighted by Gasteiger charge is 2.22. The molecule has 198 valence electrons. The fourth-order valence-electron chi connectivity index (χ4n) is 3.18. The van der Waals surface area contributed by atoms with Crippen molar-refractivity contribution in [2.45, 2.75) is 52.0 Å². The lowest BCUT2D eigenvalue weighted by molar-refractivity contribution is -0.126. The van der Waals surface area contributed by atoms with Crippen molar-refractivity contribution in [3.8, 4) is 10.4 Å². The van der Waals surface area contributed by atoms with E-state index in [9.17, 15) is 14.4 Å². The molecule has 1 aromatic heterocycles. The minimum Gasteiger partial charge on any atom is -0.444 e. The summed E-state index contributed by atoms with van der Waals surface area (Å²) in [7, 11) is 0. The monoisotopic (exact) mass is 541 g/mol. The number of hydrogen-bond acceptors (Lipinski definition) is 5. The average Bonchev–Trinajstić information content (AvgIpc) is 3.33. The molecule has 0 aliphatic heterocycles. The van der Waals surface area contributed by atoms with Crippen LogP contribution in [0.2, 0.25) is 0 Å². The summed E-state index contributed by atoms with van der Waals surface area (Å²) >= 11 is 0.682. The Morgan fingerprint density at radius 3 is 2.11 bits per heavy atom. The zero-order valence-corrected chi connectivity index (χ0v) is 24.0. The second-order valence-corrected chi connectivity index (χ2v) is 13.4. The molecule has 0 spiro atoms. The van der Waals surface area contributed by atoms with Crippen LogP contribution in [0.5, 0.6) is 0 Å². The van der Waals surface area contributed by atoms with E-state index in [4.69, 9.17) is 4.74 Å². The van der Waals surface area contributed by atoms with Gasteiger partial charge in [-0.1, -0.05) is 32.9 Å². The summed E-state index contributed by atoms with van der Waals surface area (Å²) < 4.78 is 8.44. The van der Waals surface area contributed by atoms with Crippen molar-refractivity contribution in [2.75, 3.05) is 16.9 Å². The molecule has 1 heterocycles. The number of anilines is 2. The molecule has 0 saturated heterocycles. The van der Waals surface area contributed by atoms with Crippen molar-refractivity contribution in [3.05, 3.63) is 65.5 Å². The fraction of sp³-hybridized carbons (Fsp3) is 0.321. The Bertz CT molecular complexity index is 1260. The molecule has 0 radical (unpaired) electrons. The van der Waals surface area contributed by atoms with E-state index in [0.29, 0.717) is 16.9 Å². The van der Waals surface area contributed by atoms with Crippen LogP contribution in [0.1, 0.15) is 51.9 Å². The van der Waals surface area contributed by atoms with Crippen molar-refractivity contribution >= 4 is 51.7 Å². The summed E-state index contributed by atoms with van der Waals surface area (Å²) in [6, 6.07) is 16.6. The molecular formula is C28H35N3O4S2. The first-order valence-corrected chi connectivity index (χ1v) is 14.5. The maximum Gasteiger partial charge on any atom is 0.412 e. The molecule has 3 rings (SSSR count). The highest BCUT2D eigenvalue weighted by Crippen LogP contribution is 2.33. The molecule has 3 N–H and O–H groups in total. The highest BCUT2D eigenvalue weighted by molar-refractivity contribution is 8.15. The van der Waals surface area contributed by atoms with E-state index in [2.05, 4.69) is 15.4 Å². The minimum absolute atomic E-state index is 0.0152.